The highest BCUT2D eigenvalue weighted by Gasteiger charge is 2.67. The molecule has 1 amide bonds. The topological polar surface area (TPSA) is 29.1 Å². The van der Waals surface area contributed by atoms with Crippen LogP contribution in [0.5, 0.6) is 0 Å². The molecule has 3 rings (SSSR count). The summed E-state index contributed by atoms with van der Waals surface area (Å²) in [5, 5.41) is 2.96. The predicted octanol–water partition coefficient (Wildman–Crippen LogP) is 2.30. The number of nitrogens with one attached hydrogen (secondary N) is 1. The number of amides is 1. The molecule has 3 saturated carbocycles. The van der Waals surface area contributed by atoms with Gasteiger partial charge in [0, 0.05) is 16.9 Å². The first kappa shape index (κ1) is 9.88. The minimum atomic E-state index is 0.266. The first-order valence-corrected chi connectivity index (χ1v) is 6.59. The summed E-state index contributed by atoms with van der Waals surface area (Å²) < 4.78 is 0.852. The van der Waals surface area contributed by atoms with Crippen LogP contribution in [0.2, 0.25) is 0 Å². The molecule has 1 N–H and O–H groups in total. The second-order valence-electron chi connectivity index (χ2n) is 5.25. The highest BCUT2D eigenvalue weighted by atomic mass is 79.9. The molecule has 4 unspecified atom stereocenters. The van der Waals surface area contributed by atoms with Crippen LogP contribution >= 0.6 is 15.9 Å². The van der Waals surface area contributed by atoms with Gasteiger partial charge in [0.1, 0.15) is 0 Å². The van der Waals surface area contributed by atoms with Gasteiger partial charge in [-0.05, 0) is 42.9 Å². The summed E-state index contributed by atoms with van der Waals surface area (Å²) in [5.41, 5.74) is 0. The van der Waals surface area contributed by atoms with Gasteiger partial charge in [0.2, 0.25) is 5.91 Å². The molecule has 3 aliphatic rings. The largest absolute Gasteiger partial charge is 0.351 e. The van der Waals surface area contributed by atoms with Crippen molar-refractivity contribution in [1.29, 1.82) is 0 Å². The van der Waals surface area contributed by atoms with E-state index in [2.05, 4.69) is 27.8 Å². The molecule has 0 radical (unpaired) electrons. The fraction of sp³-hybridized carbons (Fsp3) is 0.750. The lowest BCUT2D eigenvalue weighted by molar-refractivity contribution is -0.123. The maximum Gasteiger partial charge on any atom is 0.223 e. The van der Waals surface area contributed by atoms with Gasteiger partial charge in [0.05, 0.1) is 0 Å². The maximum absolute atomic E-state index is 11.9. The Labute approximate surface area is 98.6 Å². The van der Waals surface area contributed by atoms with Crippen LogP contribution in [0.15, 0.2) is 11.1 Å². The van der Waals surface area contributed by atoms with Gasteiger partial charge in [0.25, 0.3) is 0 Å². The zero-order chi connectivity index (χ0) is 10.6. The van der Waals surface area contributed by atoms with E-state index in [1.54, 1.807) is 0 Å². The van der Waals surface area contributed by atoms with Crippen molar-refractivity contribution >= 4 is 21.8 Å². The number of hydrogen-bond donors (Lipinski definition) is 1. The molecule has 0 saturated heterocycles. The molecule has 3 heteroatoms. The van der Waals surface area contributed by atoms with Gasteiger partial charge in [-0.1, -0.05) is 22.5 Å². The van der Waals surface area contributed by atoms with Crippen LogP contribution in [0.4, 0.5) is 0 Å². The summed E-state index contributed by atoms with van der Waals surface area (Å²) in [5.74, 6) is 3.86. The van der Waals surface area contributed by atoms with E-state index < -0.39 is 0 Å². The van der Waals surface area contributed by atoms with Crippen molar-refractivity contribution < 1.29 is 4.79 Å². The number of carbonyl (C=O) groups excluding carboxylic acids is 1. The predicted molar refractivity (Wildman–Crippen MR) is 62.4 cm³/mol. The van der Waals surface area contributed by atoms with Crippen molar-refractivity contribution in [3.63, 3.8) is 0 Å². The van der Waals surface area contributed by atoms with Gasteiger partial charge < -0.3 is 5.32 Å². The second kappa shape index (κ2) is 3.34. The SMILES string of the molecule is C=C(Br)CNC(=O)C1C2C3CCC(C3)C12. The lowest BCUT2D eigenvalue weighted by Gasteiger charge is -2.08. The molecule has 3 fully saturated rings. The number of rotatable bonds is 3. The Hall–Kier alpha value is -0.310. The Balaban J connectivity index is 1.58. The fourth-order valence-corrected chi connectivity index (χ4v) is 4.12. The summed E-state index contributed by atoms with van der Waals surface area (Å²) in [6.45, 7) is 4.30. The van der Waals surface area contributed by atoms with Crippen molar-refractivity contribution in [2.24, 2.45) is 29.6 Å². The highest BCUT2D eigenvalue weighted by molar-refractivity contribution is 9.11. The van der Waals surface area contributed by atoms with Gasteiger partial charge in [-0.15, -0.1) is 0 Å². The van der Waals surface area contributed by atoms with Crippen molar-refractivity contribution in [1.82, 2.24) is 5.32 Å². The van der Waals surface area contributed by atoms with Crippen LogP contribution in [0.25, 0.3) is 0 Å². The van der Waals surface area contributed by atoms with Crippen LogP contribution in [-0.2, 0) is 4.79 Å². The minimum Gasteiger partial charge on any atom is -0.351 e. The van der Waals surface area contributed by atoms with Crippen LogP contribution in [0, 0.1) is 29.6 Å². The van der Waals surface area contributed by atoms with Crippen LogP contribution in [-0.4, -0.2) is 12.5 Å². The molecule has 0 aromatic carbocycles. The van der Waals surface area contributed by atoms with Crippen molar-refractivity contribution in [2.75, 3.05) is 6.54 Å². The van der Waals surface area contributed by atoms with Crippen molar-refractivity contribution in [2.45, 2.75) is 19.3 Å². The van der Waals surface area contributed by atoms with Gasteiger partial charge in [0.15, 0.2) is 0 Å². The smallest absolute Gasteiger partial charge is 0.223 e. The second-order valence-corrected chi connectivity index (χ2v) is 6.37. The van der Waals surface area contributed by atoms with Gasteiger partial charge in [-0.3, -0.25) is 4.79 Å². The van der Waals surface area contributed by atoms with Crippen molar-refractivity contribution in [3.8, 4) is 0 Å². The van der Waals surface area contributed by atoms with E-state index in [0.717, 1.165) is 28.2 Å². The Morgan fingerprint density at radius 1 is 1.33 bits per heavy atom. The number of hydrogen-bond acceptors (Lipinski definition) is 1. The molecule has 2 bridgehead atoms. The van der Waals surface area contributed by atoms with E-state index in [9.17, 15) is 4.79 Å². The molecular formula is C12H16BrNO. The normalized spacial score (nSPS) is 45.0. The highest BCUT2D eigenvalue weighted by Crippen LogP contribution is 2.69. The van der Waals surface area contributed by atoms with Gasteiger partial charge >= 0.3 is 0 Å². The summed E-state index contributed by atoms with van der Waals surface area (Å²) >= 11 is 3.26. The average Bonchev–Trinajstić information content (AvgIpc) is 2.64. The molecule has 2 nitrogen and oxygen atoms in total. The van der Waals surface area contributed by atoms with Crippen LogP contribution < -0.4 is 5.32 Å². The Kier molecular flexibility index (Phi) is 2.20. The molecule has 0 spiro atoms. The number of halogens is 1. The zero-order valence-electron chi connectivity index (χ0n) is 8.71. The Morgan fingerprint density at radius 2 is 1.93 bits per heavy atom. The third-order valence-corrected chi connectivity index (χ3v) is 4.77. The molecule has 82 valence electrons. The Bertz CT molecular complexity index is 312. The summed E-state index contributed by atoms with van der Waals surface area (Å²) in [6, 6.07) is 0. The third kappa shape index (κ3) is 1.47. The van der Waals surface area contributed by atoms with Gasteiger partial charge in [-0.2, -0.15) is 0 Å². The first-order chi connectivity index (χ1) is 7.18. The van der Waals surface area contributed by atoms with E-state index in [-0.39, 0.29) is 5.91 Å². The zero-order valence-corrected chi connectivity index (χ0v) is 10.3. The molecule has 4 atom stereocenters. The lowest BCUT2D eigenvalue weighted by atomic mass is 10.0. The van der Waals surface area contributed by atoms with Crippen molar-refractivity contribution in [3.05, 3.63) is 11.1 Å². The summed E-state index contributed by atoms with van der Waals surface area (Å²) in [7, 11) is 0. The number of carbonyl (C=O) groups is 1. The summed E-state index contributed by atoms with van der Waals surface area (Å²) in [4.78, 5) is 11.9. The monoisotopic (exact) mass is 269 g/mol. The van der Waals surface area contributed by atoms with E-state index >= 15 is 0 Å². The molecule has 0 aliphatic heterocycles. The third-order valence-electron chi connectivity index (χ3n) is 4.49. The van der Waals surface area contributed by atoms with Crippen LogP contribution in [0.1, 0.15) is 19.3 Å². The molecule has 0 aromatic heterocycles. The molecular weight excluding hydrogens is 254 g/mol. The maximum atomic E-state index is 11.9. The molecule has 3 aliphatic carbocycles. The van der Waals surface area contributed by atoms with E-state index in [1.807, 2.05) is 0 Å². The van der Waals surface area contributed by atoms with E-state index in [4.69, 9.17) is 0 Å². The standard InChI is InChI=1S/C12H16BrNO/c1-6(13)5-14-12(15)11-9-7-2-3-8(4-7)10(9)11/h7-11H,1-5H2,(H,14,15). The molecule has 0 aromatic rings. The lowest BCUT2D eigenvalue weighted by Crippen LogP contribution is -2.28. The number of fused-ring (bicyclic) bond motifs is 5. The average molecular weight is 270 g/mol. The van der Waals surface area contributed by atoms with Crippen LogP contribution in [0.3, 0.4) is 0 Å². The molecule has 0 heterocycles. The van der Waals surface area contributed by atoms with E-state index in [1.165, 1.54) is 19.3 Å². The minimum absolute atomic E-state index is 0.266. The summed E-state index contributed by atoms with van der Waals surface area (Å²) in [6.07, 6.45) is 4.16. The first-order valence-electron chi connectivity index (χ1n) is 5.79. The van der Waals surface area contributed by atoms with E-state index in [0.29, 0.717) is 12.5 Å². The fourth-order valence-electron chi connectivity index (χ4n) is 3.98. The van der Waals surface area contributed by atoms with Gasteiger partial charge in [-0.25, -0.2) is 0 Å². The Morgan fingerprint density at radius 3 is 2.47 bits per heavy atom. The molecule has 15 heavy (non-hydrogen) atoms. The quantitative estimate of drug-likeness (QED) is 0.837.